The van der Waals surface area contributed by atoms with E-state index in [1.807, 2.05) is 4.90 Å². The Kier molecular flexibility index (Phi) is 10.2. The molecule has 1 aromatic rings. The molecule has 2 atom stereocenters. The number of hydrogen-bond donors (Lipinski definition) is 1. The van der Waals surface area contributed by atoms with Crippen molar-refractivity contribution in [2.45, 2.75) is 45.6 Å². The third kappa shape index (κ3) is 6.55. The lowest BCUT2D eigenvalue weighted by molar-refractivity contribution is -0.135. The van der Waals surface area contributed by atoms with Crippen molar-refractivity contribution in [3.05, 3.63) is 22.4 Å². The van der Waals surface area contributed by atoms with Crippen LogP contribution in [0.25, 0.3) is 0 Å². The SMILES string of the molecule is CCNC(=NCC(C)c1ccsc1)N1CCN(C(C)C(=O)N2CCCC2)CC1.I. The Bertz CT molecular complexity index is 640. The number of thiophene rings is 1. The maximum atomic E-state index is 12.7. The highest BCUT2D eigenvalue weighted by atomic mass is 127. The average molecular weight is 534 g/mol. The average Bonchev–Trinajstić information content (AvgIpc) is 3.44. The summed E-state index contributed by atoms with van der Waals surface area (Å²) in [4.78, 5) is 24.3. The van der Waals surface area contributed by atoms with E-state index in [4.69, 9.17) is 4.99 Å². The van der Waals surface area contributed by atoms with Crippen LogP contribution in [0.1, 0.15) is 45.1 Å². The van der Waals surface area contributed by atoms with Crippen LogP contribution in [0.5, 0.6) is 0 Å². The van der Waals surface area contributed by atoms with Crippen LogP contribution >= 0.6 is 35.3 Å². The summed E-state index contributed by atoms with van der Waals surface area (Å²) < 4.78 is 0. The van der Waals surface area contributed by atoms with E-state index in [-0.39, 0.29) is 30.0 Å². The molecule has 0 aliphatic carbocycles. The Morgan fingerprint density at radius 2 is 1.83 bits per heavy atom. The number of rotatable bonds is 6. The molecule has 0 saturated carbocycles. The van der Waals surface area contributed by atoms with E-state index in [0.717, 1.165) is 71.2 Å². The first-order valence-electron chi connectivity index (χ1n) is 10.7. The quantitative estimate of drug-likeness (QED) is 0.347. The van der Waals surface area contributed by atoms with Crippen molar-refractivity contribution in [3.63, 3.8) is 0 Å². The molecular weight excluding hydrogens is 497 g/mol. The Morgan fingerprint density at radius 1 is 1.14 bits per heavy atom. The molecule has 6 nitrogen and oxygen atoms in total. The maximum Gasteiger partial charge on any atom is 0.239 e. The molecule has 0 spiro atoms. The number of carbonyl (C=O) groups excluding carboxylic acids is 1. The van der Waals surface area contributed by atoms with E-state index in [2.05, 4.69) is 52.7 Å². The van der Waals surface area contributed by atoms with Gasteiger partial charge in [0.25, 0.3) is 0 Å². The lowest BCUT2D eigenvalue weighted by Crippen LogP contribution is -2.57. The summed E-state index contributed by atoms with van der Waals surface area (Å²) in [7, 11) is 0. The number of nitrogens with one attached hydrogen (secondary N) is 1. The Hall–Kier alpha value is -0.870. The zero-order chi connectivity index (χ0) is 19.9. The summed E-state index contributed by atoms with van der Waals surface area (Å²) in [6.07, 6.45) is 2.30. The second-order valence-corrected chi connectivity index (χ2v) is 8.66. The summed E-state index contributed by atoms with van der Waals surface area (Å²) >= 11 is 1.74. The maximum absolute atomic E-state index is 12.7. The lowest BCUT2D eigenvalue weighted by Gasteiger charge is -2.39. The van der Waals surface area contributed by atoms with E-state index < -0.39 is 0 Å². The molecule has 2 fully saturated rings. The predicted molar refractivity (Wildman–Crippen MR) is 133 cm³/mol. The van der Waals surface area contributed by atoms with Crippen LogP contribution < -0.4 is 5.32 Å². The standard InChI is InChI=1S/C21H35N5OS.HI/c1-4-22-21(23-15-17(2)19-7-14-28-16-19)26-12-10-24(11-13-26)18(3)20(27)25-8-5-6-9-25;/h7,14,16-18H,4-6,8-13,15H2,1-3H3,(H,22,23);1H. The third-order valence-electron chi connectivity index (χ3n) is 5.90. The molecule has 2 saturated heterocycles. The van der Waals surface area contributed by atoms with E-state index in [9.17, 15) is 4.79 Å². The van der Waals surface area contributed by atoms with Gasteiger partial charge in [-0.25, -0.2) is 0 Å². The highest BCUT2D eigenvalue weighted by Gasteiger charge is 2.30. The van der Waals surface area contributed by atoms with Gasteiger partial charge in [0.1, 0.15) is 0 Å². The van der Waals surface area contributed by atoms with Crippen molar-refractivity contribution in [1.29, 1.82) is 0 Å². The third-order valence-corrected chi connectivity index (χ3v) is 6.60. The van der Waals surface area contributed by atoms with E-state index in [1.54, 1.807) is 11.3 Å². The van der Waals surface area contributed by atoms with E-state index in [1.165, 1.54) is 5.56 Å². The van der Waals surface area contributed by atoms with Crippen LogP contribution in [-0.2, 0) is 4.79 Å². The molecule has 1 N–H and O–H groups in total. The van der Waals surface area contributed by atoms with Crippen molar-refractivity contribution < 1.29 is 4.79 Å². The molecule has 0 aromatic carbocycles. The summed E-state index contributed by atoms with van der Waals surface area (Å²) in [6.45, 7) is 13.6. The number of likely N-dealkylation sites (tertiary alicyclic amines) is 1. The largest absolute Gasteiger partial charge is 0.357 e. The zero-order valence-electron chi connectivity index (χ0n) is 18.0. The normalized spacial score (nSPS) is 20.3. The number of halogens is 1. The molecule has 2 aliphatic heterocycles. The number of nitrogens with zero attached hydrogens (tertiary/aromatic N) is 4. The number of hydrogen-bond acceptors (Lipinski definition) is 4. The van der Waals surface area contributed by atoms with Crippen molar-refractivity contribution in [3.8, 4) is 0 Å². The highest BCUT2D eigenvalue weighted by Crippen LogP contribution is 2.19. The molecule has 2 unspecified atom stereocenters. The highest BCUT2D eigenvalue weighted by molar-refractivity contribution is 14.0. The summed E-state index contributed by atoms with van der Waals surface area (Å²) in [5, 5.41) is 7.79. The van der Waals surface area contributed by atoms with Crippen molar-refractivity contribution in [2.24, 2.45) is 4.99 Å². The lowest BCUT2D eigenvalue weighted by atomic mass is 10.1. The van der Waals surface area contributed by atoms with Crippen LogP contribution in [0.4, 0.5) is 0 Å². The molecule has 29 heavy (non-hydrogen) atoms. The molecule has 1 aromatic heterocycles. The molecule has 0 radical (unpaired) electrons. The number of carbonyl (C=O) groups is 1. The topological polar surface area (TPSA) is 51.2 Å². The molecule has 0 bridgehead atoms. The smallest absolute Gasteiger partial charge is 0.239 e. The van der Waals surface area contributed by atoms with Crippen LogP contribution in [0.3, 0.4) is 0 Å². The van der Waals surface area contributed by atoms with Crippen molar-refractivity contribution in [2.75, 3.05) is 52.4 Å². The Labute approximate surface area is 196 Å². The van der Waals surface area contributed by atoms with Crippen LogP contribution in [-0.4, -0.2) is 85.0 Å². The van der Waals surface area contributed by atoms with Crippen LogP contribution in [0.15, 0.2) is 21.8 Å². The minimum atomic E-state index is -0.0154. The van der Waals surface area contributed by atoms with E-state index in [0.29, 0.717) is 11.8 Å². The Morgan fingerprint density at radius 3 is 2.41 bits per heavy atom. The molecule has 164 valence electrons. The minimum absolute atomic E-state index is 0. The summed E-state index contributed by atoms with van der Waals surface area (Å²) in [5.74, 6) is 1.73. The fourth-order valence-corrected chi connectivity index (χ4v) is 4.77. The summed E-state index contributed by atoms with van der Waals surface area (Å²) in [5.41, 5.74) is 1.36. The Balaban J connectivity index is 0.00000300. The molecule has 2 aliphatic rings. The minimum Gasteiger partial charge on any atom is -0.357 e. The molecule has 1 amide bonds. The first-order chi connectivity index (χ1) is 13.6. The van der Waals surface area contributed by atoms with Gasteiger partial charge in [-0.15, -0.1) is 24.0 Å². The number of piperazine rings is 1. The molecule has 3 heterocycles. The van der Waals surface area contributed by atoms with Gasteiger partial charge in [-0.2, -0.15) is 11.3 Å². The molecular formula is C21H36IN5OS. The number of guanidine groups is 1. The monoisotopic (exact) mass is 533 g/mol. The van der Waals surface area contributed by atoms with Crippen LogP contribution in [0.2, 0.25) is 0 Å². The predicted octanol–water partition coefficient (Wildman–Crippen LogP) is 3.06. The first kappa shape index (κ1) is 24.4. The van der Waals surface area contributed by atoms with Gasteiger partial charge in [-0.05, 0) is 49.1 Å². The number of amides is 1. The van der Waals surface area contributed by atoms with Crippen molar-refractivity contribution >= 4 is 47.2 Å². The second kappa shape index (κ2) is 12.1. The number of aliphatic imine (C=N–C) groups is 1. The fourth-order valence-electron chi connectivity index (χ4n) is 3.99. The molecule has 8 heteroatoms. The van der Waals surface area contributed by atoms with Gasteiger partial charge in [0, 0.05) is 58.3 Å². The van der Waals surface area contributed by atoms with Gasteiger partial charge in [0.05, 0.1) is 6.04 Å². The summed E-state index contributed by atoms with van der Waals surface area (Å²) in [6, 6.07) is 2.17. The van der Waals surface area contributed by atoms with Crippen LogP contribution in [0, 0.1) is 0 Å². The van der Waals surface area contributed by atoms with Gasteiger partial charge < -0.3 is 15.1 Å². The fraction of sp³-hybridized carbons (Fsp3) is 0.714. The second-order valence-electron chi connectivity index (χ2n) is 7.88. The van der Waals surface area contributed by atoms with Gasteiger partial charge in [-0.3, -0.25) is 14.7 Å². The molecule has 3 rings (SSSR count). The van der Waals surface area contributed by atoms with Gasteiger partial charge in [-0.1, -0.05) is 6.92 Å². The first-order valence-corrected chi connectivity index (χ1v) is 11.6. The van der Waals surface area contributed by atoms with E-state index >= 15 is 0 Å². The van der Waals surface area contributed by atoms with Gasteiger partial charge in [0.15, 0.2) is 5.96 Å². The van der Waals surface area contributed by atoms with Gasteiger partial charge >= 0.3 is 0 Å². The van der Waals surface area contributed by atoms with Gasteiger partial charge in [0.2, 0.25) is 5.91 Å². The zero-order valence-corrected chi connectivity index (χ0v) is 21.1. The van der Waals surface area contributed by atoms with Crippen molar-refractivity contribution in [1.82, 2.24) is 20.0 Å².